The van der Waals surface area contributed by atoms with Crippen molar-refractivity contribution in [3.8, 4) is 0 Å². The molecule has 1 aromatic heterocycles. The van der Waals surface area contributed by atoms with E-state index in [-0.39, 0.29) is 11.6 Å². The van der Waals surface area contributed by atoms with Crippen LogP contribution in [0.5, 0.6) is 0 Å². The van der Waals surface area contributed by atoms with Crippen molar-refractivity contribution >= 4 is 34.3 Å². The smallest absolute Gasteiger partial charge is 0.341 e. The van der Waals surface area contributed by atoms with Crippen molar-refractivity contribution in [2.24, 2.45) is 0 Å². The van der Waals surface area contributed by atoms with Crippen LogP contribution in [0, 0.1) is 11.6 Å². The molecule has 0 aliphatic rings. The first-order chi connectivity index (χ1) is 11.9. The maximum atomic E-state index is 13.4. The second kappa shape index (κ2) is 8.29. The van der Waals surface area contributed by atoms with E-state index in [2.05, 4.69) is 19.8 Å². The second-order valence-corrected chi connectivity index (χ2v) is 5.50. The Morgan fingerprint density at radius 1 is 1.28 bits per heavy atom. The largest absolute Gasteiger partial charge is 0.469 e. The number of amides is 1. The van der Waals surface area contributed by atoms with Gasteiger partial charge in [0.25, 0.3) is 5.91 Å². The van der Waals surface area contributed by atoms with Gasteiger partial charge < -0.3 is 9.47 Å². The minimum absolute atomic E-state index is 0.0400. The third kappa shape index (κ3) is 5.31. The van der Waals surface area contributed by atoms with E-state index in [4.69, 9.17) is 0 Å². The first-order valence-electron chi connectivity index (χ1n) is 6.82. The molecule has 0 unspecified atom stereocenters. The number of esters is 2. The maximum absolute atomic E-state index is 13.4. The van der Waals surface area contributed by atoms with Gasteiger partial charge in [0.05, 0.1) is 24.8 Å². The van der Waals surface area contributed by atoms with Crippen LogP contribution < -0.4 is 5.32 Å². The van der Waals surface area contributed by atoms with Crippen LogP contribution in [-0.4, -0.2) is 36.5 Å². The number of nitrogens with zero attached hydrogens (tertiary/aromatic N) is 1. The molecule has 7 nitrogen and oxygen atoms in total. The lowest BCUT2D eigenvalue weighted by atomic mass is 10.2. The van der Waals surface area contributed by atoms with Gasteiger partial charge in [-0.05, 0) is 12.1 Å². The van der Waals surface area contributed by atoms with Gasteiger partial charge >= 0.3 is 11.9 Å². The van der Waals surface area contributed by atoms with E-state index in [0.717, 1.165) is 23.5 Å². The van der Waals surface area contributed by atoms with Crippen molar-refractivity contribution in [2.75, 3.05) is 19.0 Å². The third-order valence-electron chi connectivity index (χ3n) is 2.84. The van der Waals surface area contributed by atoms with Crippen LogP contribution in [0.15, 0.2) is 23.6 Å². The first-order valence-corrected chi connectivity index (χ1v) is 7.70. The van der Waals surface area contributed by atoms with Gasteiger partial charge in [-0.15, -0.1) is 11.3 Å². The summed E-state index contributed by atoms with van der Waals surface area (Å²) in [4.78, 5) is 38.5. The number of hydrogen-bond acceptors (Lipinski definition) is 7. The first kappa shape index (κ1) is 18.5. The van der Waals surface area contributed by atoms with Crippen molar-refractivity contribution in [3.05, 3.63) is 46.5 Å². The molecule has 0 atom stereocenters. The standard InChI is InChI=1S/C15H12F2N2O5S/c1-23-13(21)5-9-7-25-15(18-9)19-12(20)6-24-14(22)10-3-2-8(16)4-11(10)17/h2-4,7H,5-6H2,1H3,(H,18,19,20). The Kier molecular flexibility index (Phi) is 6.12. The number of anilines is 1. The number of rotatable bonds is 6. The number of aromatic nitrogens is 1. The minimum Gasteiger partial charge on any atom is -0.469 e. The van der Waals surface area contributed by atoms with E-state index in [1.165, 1.54) is 7.11 Å². The molecule has 0 saturated heterocycles. The van der Waals surface area contributed by atoms with E-state index in [1.54, 1.807) is 5.38 Å². The average molecular weight is 370 g/mol. The topological polar surface area (TPSA) is 94.6 Å². The average Bonchev–Trinajstić information content (AvgIpc) is 2.99. The summed E-state index contributed by atoms with van der Waals surface area (Å²) in [6.45, 7) is -0.679. The summed E-state index contributed by atoms with van der Waals surface area (Å²) in [5, 5.41) is 4.13. The molecule has 0 aliphatic heterocycles. The van der Waals surface area contributed by atoms with E-state index >= 15 is 0 Å². The fraction of sp³-hybridized carbons (Fsp3) is 0.200. The van der Waals surface area contributed by atoms with Crippen LogP contribution in [0.2, 0.25) is 0 Å². The molecule has 10 heteroatoms. The third-order valence-corrected chi connectivity index (χ3v) is 3.64. The van der Waals surface area contributed by atoms with Crippen LogP contribution in [0.1, 0.15) is 16.1 Å². The van der Waals surface area contributed by atoms with Gasteiger partial charge in [-0.1, -0.05) is 0 Å². The van der Waals surface area contributed by atoms with E-state index < -0.39 is 41.7 Å². The number of methoxy groups -OCH3 is 1. The van der Waals surface area contributed by atoms with Gasteiger partial charge in [0.2, 0.25) is 0 Å². The Balaban J connectivity index is 1.86. The number of benzene rings is 1. The van der Waals surface area contributed by atoms with Crippen LogP contribution in [0.4, 0.5) is 13.9 Å². The molecule has 2 aromatic rings. The number of nitrogens with one attached hydrogen (secondary N) is 1. The highest BCUT2D eigenvalue weighted by Gasteiger charge is 2.16. The lowest BCUT2D eigenvalue weighted by Gasteiger charge is -2.05. The monoisotopic (exact) mass is 370 g/mol. The predicted molar refractivity (Wildman–Crippen MR) is 83.1 cm³/mol. The normalized spacial score (nSPS) is 10.2. The summed E-state index contributed by atoms with van der Waals surface area (Å²) in [5.74, 6) is -4.19. The number of carbonyl (C=O) groups is 3. The van der Waals surface area contributed by atoms with Crippen LogP contribution in [0.3, 0.4) is 0 Å². The maximum Gasteiger partial charge on any atom is 0.341 e. The molecular formula is C15H12F2N2O5S. The lowest BCUT2D eigenvalue weighted by molar-refractivity contribution is -0.139. The molecule has 0 spiro atoms. The summed E-state index contributed by atoms with van der Waals surface area (Å²) in [6, 6.07) is 2.36. The van der Waals surface area contributed by atoms with Gasteiger partial charge in [0.15, 0.2) is 11.7 Å². The predicted octanol–water partition coefficient (Wildman–Crippen LogP) is 1.93. The number of ether oxygens (including phenoxy) is 2. The molecule has 0 fully saturated rings. The Labute approximate surface area is 144 Å². The molecule has 1 aromatic carbocycles. The number of thiazole rings is 1. The summed E-state index contributed by atoms with van der Waals surface area (Å²) < 4.78 is 35.4. The summed E-state index contributed by atoms with van der Waals surface area (Å²) in [5.41, 5.74) is -0.0682. The number of halogens is 2. The summed E-state index contributed by atoms with van der Waals surface area (Å²) >= 11 is 1.07. The molecular weight excluding hydrogens is 358 g/mol. The van der Waals surface area contributed by atoms with Crippen molar-refractivity contribution in [1.82, 2.24) is 4.98 Å². The van der Waals surface area contributed by atoms with E-state index in [1.807, 2.05) is 0 Å². The van der Waals surface area contributed by atoms with Gasteiger partial charge in [-0.2, -0.15) is 0 Å². The summed E-state index contributed by atoms with van der Waals surface area (Å²) in [7, 11) is 1.25. The molecule has 0 saturated carbocycles. The highest BCUT2D eigenvalue weighted by molar-refractivity contribution is 7.13. The van der Waals surface area contributed by atoms with Crippen LogP contribution in [0.25, 0.3) is 0 Å². The molecule has 0 aliphatic carbocycles. The van der Waals surface area contributed by atoms with Gasteiger partial charge in [0.1, 0.15) is 11.6 Å². The number of hydrogen-bond donors (Lipinski definition) is 1. The second-order valence-electron chi connectivity index (χ2n) is 4.65. The lowest BCUT2D eigenvalue weighted by Crippen LogP contribution is -2.21. The highest BCUT2D eigenvalue weighted by atomic mass is 32.1. The zero-order chi connectivity index (χ0) is 18.4. The molecule has 2 rings (SSSR count). The van der Waals surface area contributed by atoms with E-state index in [9.17, 15) is 23.2 Å². The molecule has 0 bridgehead atoms. The minimum atomic E-state index is -1.10. The number of carbonyl (C=O) groups excluding carboxylic acids is 3. The van der Waals surface area contributed by atoms with Crippen molar-refractivity contribution in [2.45, 2.75) is 6.42 Å². The molecule has 1 amide bonds. The molecule has 25 heavy (non-hydrogen) atoms. The Bertz CT molecular complexity index is 809. The quantitative estimate of drug-likeness (QED) is 0.781. The Morgan fingerprint density at radius 2 is 2.04 bits per heavy atom. The molecule has 132 valence electrons. The van der Waals surface area contributed by atoms with Crippen LogP contribution in [-0.2, 0) is 25.5 Å². The Morgan fingerprint density at radius 3 is 2.72 bits per heavy atom. The van der Waals surface area contributed by atoms with Gasteiger partial charge in [-0.3, -0.25) is 14.9 Å². The fourth-order valence-corrected chi connectivity index (χ4v) is 2.41. The fourth-order valence-electron chi connectivity index (χ4n) is 1.68. The van der Waals surface area contributed by atoms with Crippen molar-refractivity contribution < 1.29 is 32.6 Å². The zero-order valence-corrected chi connectivity index (χ0v) is 13.7. The highest BCUT2D eigenvalue weighted by Crippen LogP contribution is 2.16. The molecule has 1 heterocycles. The van der Waals surface area contributed by atoms with Gasteiger partial charge in [0, 0.05) is 11.4 Å². The van der Waals surface area contributed by atoms with Gasteiger partial charge in [-0.25, -0.2) is 18.6 Å². The van der Waals surface area contributed by atoms with Crippen LogP contribution >= 0.6 is 11.3 Å². The SMILES string of the molecule is COC(=O)Cc1csc(NC(=O)COC(=O)c2ccc(F)cc2F)n1. The Hall–Kier alpha value is -2.88. The summed E-state index contributed by atoms with van der Waals surface area (Å²) in [6.07, 6.45) is -0.0400. The van der Waals surface area contributed by atoms with Crippen molar-refractivity contribution in [1.29, 1.82) is 0 Å². The van der Waals surface area contributed by atoms with E-state index in [0.29, 0.717) is 11.8 Å². The zero-order valence-electron chi connectivity index (χ0n) is 12.9. The van der Waals surface area contributed by atoms with Crippen molar-refractivity contribution in [3.63, 3.8) is 0 Å². The molecule has 0 radical (unpaired) electrons. The molecule has 1 N–H and O–H groups in total.